The highest BCUT2D eigenvalue weighted by atomic mass is 16.6. The Kier molecular flexibility index (Phi) is 3.61. The van der Waals surface area contributed by atoms with Crippen molar-refractivity contribution in [1.82, 2.24) is 9.55 Å². The molecule has 1 fully saturated rings. The summed E-state index contributed by atoms with van der Waals surface area (Å²) in [7, 11) is 0. The second-order valence-electron chi connectivity index (χ2n) is 4.15. The van der Waals surface area contributed by atoms with Crippen LogP contribution in [0.3, 0.4) is 0 Å². The van der Waals surface area contributed by atoms with Crippen LogP contribution in [0.1, 0.15) is 6.23 Å². The maximum Gasteiger partial charge on any atom is 0.330 e. The zero-order valence-corrected chi connectivity index (χ0v) is 9.95. The fourth-order valence-corrected chi connectivity index (χ4v) is 1.94. The maximum atomic E-state index is 11.6. The van der Waals surface area contributed by atoms with Crippen molar-refractivity contribution in [3.05, 3.63) is 43.5 Å². The van der Waals surface area contributed by atoms with Crippen molar-refractivity contribution in [2.75, 3.05) is 6.61 Å². The molecule has 11 nitrogen and oxygen atoms in total. The predicted octanol–water partition coefficient (Wildman–Crippen LogP) is -2.21. The zero-order valence-electron chi connectivity index (χ0n) is 9.95. The van der Waals surface area contributed by atoms with Gasteiger partial charge in [-0.25, -0.2) is 4.79 Å². The predicted molar refractivity (Wildman–Crippen MR) is 62.4 cm³/mol. The van der Waals surface area contributed by atoms with E-state index >= 15 is 0 Å². The summed E-state index contributed by atoms with van der Waals surface area (Å²) in [6, 6.07) is 1.01. The van der Waals surface area contributed by atoms with Gasteiger partial charge in [-0.3, -0.25) is 14.3 Å². The highest BCUT2D eigenvalue weighted by molar-refractivity contribution is 5.00. The largest absolute Gasteiger partial charge is 0.393 e. The number of hydrogen-bond acceptors (Lipinski definition) is 7. The van der Waals surface area contributed by atoms with Gasteiger partial charge in [0, 0.05) is 17.2 Å². The van der Waals surface area contributed by atoms with Crippen molar-refractivity contribution in [2.24, 2.45) is 5.11 Å². The van der Waals surface area contributed by atoms with Crippen LogP contribution in [0.25, 0.3) is 10.4 Å². The van der Waals surface area contributed by atoms with Gasteiger partial charge < -0.3 is 20.1 Å². The van der Waals surface area contributed by atoms with Crippen LogP contribution in [-0.2, 0) is 4.74 Å². The molecule has 0 amide bonds. The van der Waals surface area contributed by atoms with E-state index in [1.54, 1.807) is 0 Å². The Bertz CT molecular complexity index is 663. The minimum atomic E-state index is -2.10. The average Bonchev–Trinajstić information content (AvgIpc) is 2.65. The smallest absolute Gasteiger partial charge is 0.330 e. The van der Waals surface area contributed by atoms with E-state index < -0.39 is 42.0 Å². The normalized spacial score (nSPS) is 32.9. The first-order valence-electron chi connectivity index (χ1n) is 5.48. The van der Waals surface area contributed by atoms with Crippen LogP contribution in [-0.4, -0.2) is 49.4 Å². The van der Waals surface area contributed by atoms with Crippen molar-refractivity contribution < 1.29 is 20.1 Å². The highest BCUT2D eigenvalue weighted by Crippen LogP contribution is 2.37. The third-order valence-corrected chi connectivity index (χ3v) is 2.97. The van der Waals surface area contributed by atoms with Gasteiger partial charge >= 0.3 is 5.69 Å². The zero-order chi connectivity index (χ0) is 14.9. The summed E-state index contributed by atoms with van der Waals surface area (Å²) in [4.78, 5) is 26.9. The Balaban J connectivity index is 2.47. The molecule has 1 aromatic rings. The van der Waals surface area contributed by atoms with Crippen LogP contribution < -0.4 is 11.2 Å². The fourth-order valence-electron chi connectivity index (χ4n) is 1.94. The van der Waals surface area contributed by atoms with Crippen LogP contribution in [0.15, 0.2) is 27.0 Å². The van der Waals surface area contributed by atoms with Gasteiger partial charge in [0.2, 0.25) is 5.72 Å². The Morgan fingerprint density at radius 2 is 2.25 bits per heavy atom. The van der Waals surface area contributed by atoms with Gasteiger partial charge in [-0.15, -0.1) is 0 Å². The van der Waals surface area contributed by atoms with Crippen molar-refractivity contribution >= 4 is 0 Å². The average molecular weight is 285 g/mol. The van der Waals surface area contributed by atoms with E-state index in [4.69, 9.17) is 10.3 Å². The topological polar surface area (TPSA) is 174 Å². The summed E-state index contributed by atoms with van der Waals surface area (Å²) in [5.74, 6) is 0. The lowest BCUT2D eigenvalue weighted by molar-refractivity contribution is -0.125. The Labute approximate surface area is 110 Å². The van der Waals surface area contributed by atoms with Crippen LogP contribution in [0.2, 0.25) is 0 Å². The van der Waals surface area contributed by atoms with Crippen LogP contribution in [0.5, 0.6) is 0 Å². The first-order chi connectivity index (χ1) is 9.45. The summed E-state index contributed by atoms with van der Waals surface area (Å²) >= 11 is 0. The van der Waals surface area contributed by atoms with E-state index in [0.29, 0.717) is 0 Å². The number of azide groups is 1. The number of H-pyrrole nitrogens is 1. The molecule has 0 aliphatic carbocycles. The lowest BCUT2D eigenvalue weighted by Crippen LogP contribution is -2.44. The molecule has 0 unspecified atom stereocenters. The number of aromatic nitrogens is 2. The number of aliphatic hydroxyl groups excluding tert-OH is 3. The van der Waals surface area contributed by atoms with E-state index in [9.17, 15) is 24.9 Å². The molecular formula is C9H11N5O6. The standard InChI is InChI=1S/C9H11N5O6/c10-13-12-9(3-15)6(18)5(17)7(20-9)14-2-1-4(16)11-8(14)19/h1-2,5-7,15,17-18H,3H2,(H,11,16,19)/t5-,6+,7+,9+/m0/s1. The van der Waals surface area contributed by atoms with Gasteiger partial charge in [-0.1, -0.05) is 5.11 Å². The van der Waals surface area contributed by atoms with Crippen LogP contribution >= 0.6 is 0 Å². The third-order valence-electron chi connectivity index (χ3n) is 2.97. The molecule has 4 N–H and O–H groups in total. The Morgan fingerprint density at radius 3 is 2.80 bits per heavy atom. The summed E-state index contributed by atoms with van der Waals surface area (Å²) in [6.07, 6.45) is -3.76. The van der Waals surface area contributed by atoms with E-state index in [-0.39, 0.29) is 0 Å². The molecule has 4 atom stereocenters. The second kappa shape index (κ2) is 5.07. The molecule has 0 radical (unpaired) electrons. The molecular weight excluding hydrogens is 274 g/mol. The van der Waals surface area contributed by atoms with Crippen molar-refractivity contribution in [3.63, 3.8) is 0 Å². The fraction of sp³-hybridized carbons (Fsp3) is 0.556. The first kappa shape index (κ1) is 14.2. The second-order valence-corrected chi connectivity index (χ2v) is 4.15. The number of rotatable bonds is 3. The van der Waals surface area contributed by atoms with E-state index in [1.165, 1.54) is 0 Å². The SMILES string of the molecule is [N-]=[N+]=N[C@]1(CO)O[C@@H](n2ccc(=O)[nH]c2=O)[C@@H](O)[C@H]1O. The molecule has 0 aromatic carbocycles. The molecule has 0 bridgehead atoms. The van der Waals surface area contributed by atoms with Gasteiger partial charge in [0.1, 0.15) is 12.2 Å². The molecule has 0 spiro atoms. The molecule has 108 valence electrons. The number of ether oxygens (including phenoxy) is 1. The molecule has 2 heterocycles. The van der Waals surface area contributed by atoms with Crippen LogP contribution in [0, 0.1) is 0 Å². The van der Waals surface area contributed by atoms with E-state index in [0.717, 1.165) is 16.8 Å². The molecule has 1 aliphatic heterocycles. The third kappa shape index (κ3) is 2.09. The van der Waals surface area contributed by atoms with Gasteiger partial charge in [-0.2, -0.15) is 0 Å². The minimum Gasteiger partial charge on any atom is -0.393 e. The quantitative estimate of drug-likeness (QED) is 0.278. The maximum absolute atomic E-state index is 11.6. The number of nitrogens with one attached hydrogen (secondary N) is 1. The first-order valence-corrected chi connectivity index (χ1v) is 5.48. The summed E-state index contributed by atoms with van der Waals surface area (Å²) in [6.45, 7) is -0.899. The summed E-state index contributed by atoms with van der Waals surface area (Å²) in [5, 5.41) is 32.1. The number of nitrogens with zero attached hydrogens (tertiary/aromatic N) is 4. The molecule has 2 rings (SSSR count). The molecule has 0 saturated carbocycles. The number of aliphatic hydroxyl groups is 3. The highest BCUT2D eigenvalue weighted by Gasteiger charge is 2.54. The lowest BCUT2D eigenvalue weighted by Gasteiger charge is -2.23. The van der Waals surface area contributed by atoms with Crippen molar-refractivity contribution in [3.8, 4) is 0 Å². The number of hydrogen-bond donors (Lipinski definition) is 4. The Hall–Kier alpha value is -2.17. The monoisotopic (exact) mass is 285 g/mol. The van der Waals surface area contributed by atoms with Crippen LogP contribution in [0.4, 0.5) is 0 Å². The number of aromatic amines is 1. The molecule has 1 aliphatic rings. The van der Waals surface area contributed by atoms with E-state index in [2.05, 4.69) is 10.0 Å². The summed E-state index contributed by atoms with van der Waals surface area (Å²) in [5.41, 5.74) is 4.79. The van der Waals surface area contributed by atoms with Crippen molar-refractivity contribution in [2.45, 2.75) is 24.2 Å². The van der Waals surface area contributed by atoms with E-state index in [1.807, 2.05) is 4.98 Å². The molecule has 1 aromatic heterocycles. The van der Waals surface area contributed by atoms with Gasteiger partial charge in [0.15, 0.2) is 6.23 Å². The summed E-state index contributed by atoms with van der Waals surface area (Å²) < 4.78 is 5.95. The molecule has 20 heavy (non-hydrogen) atoms. The van der Waals surface area contributed by atoms with Crippen molar-refractivity contribution in [1.29, 1.82) is 0 Å². The lowest BCUT2D eigenvalue weighted by atomic mass is 10.1. The molecule has 1 saturated heterocycles. The Morgan fingerprint density at radius 1 is 1.55 bits per heavy atom. The van der Waals surface area contributed by atoms with Gasteiger partial charge in [-0.05, 0) is 5.53 Å². The molecule has 11 heteroatoms. The van der Waals surface area contributed by atoms with Gasteiger partial charge in [0.05, 0.1) is 6.61 Å². The van der Waals surface area contributed by atoms with Gasteiger partial charge in [0.25, 0.3) is 5.56 Å². The minimum absolute atomic E-state index is 0.650.